The van der Waals surface area contributed by atoms with E-state index in [0.717, 1.165) is 13.1 Å². The summed E-state index contributed by atoms with van der Waals surface area (Å²) in [5, 5.41) is 3.10. The molecule has 0 radical (unpaired) electrons. The molecule has 1 aliphatic rings. The van der Waals surface area contributed by atoms with Gasteiger partial charge in [0.05, 0.1) is 13.2 Å². The van der Waals surface area contributed by atoms with Crippen molar-refractivity contribution in [3.8, 4) is 0 Å². The van der Waals surface area contributed by atoms with E-state index in [0.29, 0.717) is 37.6 Å². The second kappa shape index (κ2) is 6.33. The van der Waals surface area contributed by atoms with Crippen LogP contribution >= 0.6 is 0 Å². The molecule has 0 saturated carbocycles. The highest BCUT2D eigenvalue weighted by molar-refractivity contribution is 5.44. The molecule has 1 aliphatic heterocycles. The second-order valence-corrected chi connectivity index (χ2v) is 4.42. The number of aromatic nitrogens is 3. The zero-order valence-corrected chi connectivity index (χ0v) is 11.5. The van der Waals surface area contributed by atoms with Crippen molar-refractivity contribution in [3.63, 3.8) is 0 Å². The predicted molar refractivity (Wildman–Crippen MR) is 75.9 cm³/mol. The summed E-state index contributed by atoms with van der Waals surface area (Å²) in [6, 6.07) is 0. The number of hydrogen-bond acceptors (Lipinski definition) is 7. The molecular weight excluding hydrogens is 244 g/mol. The Bertz CT molecular complexity index is 430. The maximum Gasteiger partial charge on any atom is 0.232 e. The van der Waals surface area contributed by atoms with Crippen LogP contribution in [0.1, 0.15) is 0 Å². The van der Waals surface area contributed by atoms with Gasteiger partial charge >= 0.3 is 0 Å². The van der Waals surface area contributed by atoms with E-state index in [-0.39, 0.29) is 0 Å². The van der Waals surface area contributed by atoms with E-state index in [4.69, 9.17) is 4.74 Å². The molecule has 1 saturated heterocycles. The van der Waals surface area contributed by atoms with E-state index in [1.807, 2.05) is 19.0 Å². The minimum Gasteiger partial charge on any atom is -0.378 e. The van der Waals surface area contributed by atoms with Crippen molar-refractivity contribution >= 4 is 17.8 Å². The van der Waals surface area contributed by atoms with Gasteiger partial charge in [-0.05, 0) is 0 Å². The Morgan fingerprint density at radius 2 is 2.05 bits per heavy atom. The van der Waals surface area contributed by atoms with Crippen LogP contribution in [-0.4, -0.2) is 61.9 Å². The Kier molecular flexibility index (Phi) is 4.51. The smallest absolute Gasteiger partial charge is 0.232 e. The van der Waals surface area contributed by atoms with Gasteiger partial charge in [0.1, 0.15) is 0 Å². The number of rotatable bonds is 5. The molecule has 1 aromatic rings. The molecule has 2 rings (SSSR count). The fourth-order valence-electron chi connectivity index (χ4n) is 1.70. The van der Waals surface area contributed by atoms with Crippen molar-refractivity contribution in [1.82, 2.24) is 15.0 Å². The van der Waals surface area contributed by atoms with Gasteiger partial charge in [-0.3, -0.25) is 0 Å². The molecule has 0 bridgehead atoms. The van der Waals surface area contributed by atoms with Crippen molar-refractivity contribution in [2.45, 2.75) is 0 Å². The molecule has 7 heteroatoms. The molecule has 0 aliphatic carbocycles. The Balaban J connectivity index is 2.24. The summed E-state index contributed by atoms with van der Waals surface area (Å²) in [6.07, 6.45) is 1.77. The molecule has 0 spiro atoms. The summed E-state index contributed by atoms with van der Waals surface area (Å²) in [7, 11) is 3.82. The first-order valence-electron chi connectivity index (χ1n) is 6.31. The second-order valence-electron chi connectivity index (χ2n) is 4.42. The van der Waals surface area contributed by atoms with Crippen LogP contribution in [0.5, 0.6) is 0 Å². The fraction of sp³-hybridized carbons (Fsp3) is 0.583. The summed E-state index contributed by atoms with van der Waals surface area (Å²) < 4.78 is 5.34. The minimum atomic E-state index is 0.570. The monoisotopic (exact) mass is 264 g/mol. The Morgan fingerprint density at radius 3 is 2.68 bits per heavy atom. The number of anilines is 3. The molecule has 7 nitrogen and oxygen atoms in total. The topological polar surface area (TPSA) is 66.4 Å². The van der Waals surface area contributed by atoms with Gasteiger partial charge in [0.15, 0.2) is 0 Å². The molecule has 2 heterocycles. The first-order valence-corrected chi connectivity index (χ1v) is 6.31. The van der Waals surface area contributed by atoms with E-state index < -0.39 is 0 Å². The molecule has 0 atom stereocenters. The van der Waals surface area contributed by atoms with Crippen LogP contribution in [0, 0.1) is 0 Å². The Labute approximate surface area is 113 Å². The first-order chi connectivity index (χ1) is 9.20. The molecule has 0 amide bonds. The lowest BCUT2D eigenvalue weighted by molar-refractivity contribution is 0.122. The summed E-state index contributed by atoms with van der Waals surface area (Å²) in [4.78, 5) is 17.2. The Hall–Kier alpha value is -1.89. The van der Waals surface area contributed by atoms with E-state index in [9.17, 15) is 0 Å². The zero-order chi connectivity index (χ0) is 13.7. The maximum atomic E-state index is 5.34. The quantitative estimate of drug-likeness (QED) is 0.771. The Morgan fingerprint density at radius 1 is 1.32 bits per heavy atom. The number of nitrogens with zero attached hydrogens (tertiary/aromatic N) is 5. The van der Waals surface area contributed by atoms with Gasteiger partial charge in [-0.2, -0.15) is 15.0 Å². The highest BCUT2D eigenvalue weighted by Gasteiger charge is 2.16. The van der Waals surface area contributed by atoms with Crippen LogP contribution in [-0.2, 0) is 4.74 Å². The SMILES string of the molecule is C=CCNc1nc(N(C)C)nc(N2CCOCC2)n1. The lowest BCUT2D eigenvalue weighted by atomic mass is 10.4. The molecular formula is C12H20N6O. The molecule has 1 fully saturated rings. The van der Waals surface area contributed by atoms with Crippen molar-refractivity contribution in [1.29, 1.82) is 0 Å². The first kappa shape index (κ1) is 13.5. The minimum absolute atomic E-state index is 0.570. The van der Waals surface area contributed by atoms with Crippen molar-refractivity contribution in [2.24, 2.45) is 0 Å². The molecule has 104 valence electrons. The zero-order valence-electron chi connectivity index (χ0n) is 11.5. The van der Waals surface area contributed by atoms with Crippen molar-refractivity contribution in [2.75, 3.05) is 62.1 Å². The van der Waals surface area contributed by atoms with Crippen molar-refractivity contribution < 1.29 is 4.74 Å². The summed E-state index contributed by atoms with van der Waals surface area (Å²) in [5.74, 6) is 1.90. The van der Waals surface area contributed by atoms with Crippen LogP contribution in [0.15, 0.2) is 12.7 Å². The number of hydrogen-bond donors (Lipinski definition) is 1. The van der Waals surface area contributed by atoms with Gasteiger partial charge in [-0.15, -0.1) is 6.58 Å². The van der Waals surface area contributed by atoms with E-state index in [2.05, 4.69) is 31.7 Å². The summed E-state index contributed by atoms with van der Waals surface area (Å²) >= 11 is 0. The third-order valence-corrected chi connectivity index (χ3v) is 2.71. The van der Waals surface area contributed by atoms with E-state index in [1.165, 1.54) is 0 Å². The van der Waals surface area contributed by atoms with Gasteiger partial charge in [0, 0.05) is 33.7 Å². The normalized spacial score (nSPS) is 15.2. The number of ether oxygens (including phenoxy) is 1. The molecule has 1 N–H and O–H groups in total. The molecule has 1 aromatic heterocycles. The van der Waals surface area contributed by atoms with Crippen LogP contribution in [0.2, 0.25) is 0 Å². The fourth-order valence-corrected chi connectivity index (χ4v) is 1.70. The van der Waals surface area contributed by atoms with Crippen LogP contribution in [0.3, 0.4) is 0 Å². The van der Waals surface area contributed by atoms with Gasteiger partial charge in [0.25, 0.3) is 0 Å². The predicted octanol–water partition coefficient (Wildman–Crippen LogP) is 0.372. The van der Waals surface area contributed by atoms with Gasteiger partial charge in [0.2, 0.25) is 17.8 Å². The maximum absolute atomic E-state index is 5.34. The van der Waals surface area contributed by atoms with Crippen molar-refractivity contribution in [3.05, 3.63) is 12.7 Å². The third-order valence-electron chi connectivity index (χ3n) is 2.71. The molecule has 19 heavy (non-hydrogen) atoms. The van der Waals surface area contributed by atoms with E-state index >= 15 is 0 Å². The number of morpholine rings is 1. The lowest BCUT2D eigenvalue weighted by Gasteiger charge is -2.27. The average Bonchev–Trinajstić information content (AvgIpc) is 2.45. The largest absolute Gasteiger partial charge is 0.378 e. The number of nitrogens with one attached hydrogen (secondary N) is 1. The summed E-state index contributed by atoms with van der Waals surface area (Å²) in [6.45, 7) is 7.32. The highest BCUT2D eigenvalue weighted by Crippen LogP contribution is 2.16. The lowest BCUT2D eigenvalue weighted by Crippen LogP contribution is -2.37. The third kappa shape index (κ3) is 3.54. The van der Waals surface area contributed by atoms with Gasteiger partial charge in [-0.1, -0.05) is 6.08 Å². The average molecular weight is 264 g/mol. The van der Waals surface area contributed by atoms with E-state index in [1.54, 1.807) is 6.08 Å². The van der Waals surface area contributed by atoms with Crippen LogP contribution in [0.25, 0.3) is 0 Å². The standard InChI is InChI=1S/C12H20N6O/c1-4-5-13-10-14-11(17(2)3)16-12(15-10)18-6-8-19-9-7-18/h4H,1,5-9H2,2-3H3,(H,13,14,15,16). The van der Waals surface area contributed by atoms with Gasteiger partial charge in [-0.25, -0.2) is 0 Å². The van der Waals surface area contributed by atoms with Crippen LogP contribution < -0.4 is 15.1 Å². The summed E-state index contributed by atoms with van der Waals surface area (Å²) in [5.41, 5.74) is 0. The molecule has 0 aromatic carbocycles. The molecule has 0 unspecified atom stereocenters. The van der Waals surface area contributed by atoms with Crippen LogP contribution in [0.4, 0.5) is 17.8 Å². The van der Waals surface area contributed by atoms with Gasteiger partial charge < -0.3 is 19.9 Å². The highest BCUT2D eigenvalue weighted by atomic mass is 16.5.